The van der Waals surface area contributed by atoms with Crippen molar-refractivity contribution in [2.75, 3.05) is 11.6 Å². The van der Waals surface area contributed by atoms with E-state index in [4.69, 9.17) is 5.73 Å². The molecule has 0 radical (unpaired) electrons. The molecule has 1 saturated carbocycles. The molecule has 7 nitrogen and oxygen atoms in total. The predicted octanol–water partition coefficient (Wildman–Crippen LogP) is 3.01. The molecule has 2 aromatic carbocycles. The minimum atomic E-state index is -3.39. The summed E-state index contributed by atoms with van der Waals surface area (Å²) in [6.45, 7) is 2.07. The van der Waals surface area contributed by atoms with Crippen LogP contribution in [0.5, 0.6) is 0 Å². The summed E-state index contributed by atoms with van der Waals surface area (Å²) in [5, 5.41) is 12.3. The monoisotopic (exact) mass is 410 g/mol. The van der Waals surface area contributed by atoms with E-state index in [-0.39, 0.29) is 16.6 Å². The van der Waals surface area contributed by atoms with Crippen LogP contribution in [0.15, 0.2) is 47.4 Å². The molecular formula is C21H22N4O3S. The van der Waals surface area contributed by atoms with Crippen molar-refractivity contribution >= 4 is 32.3 Å². The van der Waals surface area contributed by atoms with Crippen LogP contribution in [0.3, 0.4) is 0 Å². The zero-order valence-corrected chi connectivity index (χ0v) is 17.0. The van der Waals surface area contributed by atoms with Crippen LogP contribution in [0.2, 0.25) is 0 Å². The van der Waals surface area contributed by atoms with Gasteiger partial charge >= 0.3 is 0 Å². The van der Waals surface area contributed by atoms with Crippen LogP contribution in [-0.2, 0) is 9.84 Å². The van der Waals surface area contributed by atoms with Gasteiger partial charge in [-0.2, -0.15) is 0 Å². The zero-order chi connectivity index (χ0) is 20.8. The van der Waals surface area contributed by atoms with Crippen LogP contribution in [0.4, 0.5) is 5.69 Å². The fourth-order valence-corrected chi connectivity index (χ4v) is 4.47. The van der Waals surface area contributed by atoms with Gasteiger partial charge in [-0.05, 0) is 49.4 Å². The second kappa shape index (κ2) is 7.11. The molecule has 1 aliphatic carbocycles. The SMILES string of the molecule is C[C@@H](Nc1c(C(N)=O)nnc2cc(-c3ccccc3S(C)(=O)=O)ccc12)C1CC1. The highest BCUT2D eigenvalue weighted by Crippen LogP contribution is 2.36. The van der Waals surface area contributed by atoms with E-state index in [0.29, 0.717) is 28.2 Å². The molecule has 1 amide bonds. The average Bonchev–Trinajstić information content (AvgIpc) is 3.52. The van der Waals surface area contributed by atoms with Crippen LogP contribution in [-0.4, -0.2) is 36.8 Å². The van der Waals surface area contributed by atoms with Gasteiger partial charge in [-0.1, -0.05) is 24.3 Å². The molecule has 0 unspecified atom stereocenters. The topological polar surface area (TPSA) is 115 Å². The number of carbonyl (C=O) groups excluding carboxylic acids is 1. The Bertz CT molecular complexity index is 1220. The molecule has 0 aliphatic heterocycles. The van der Waals surface area contributed by atoms with Crippen molar-refractivity contribution in [3.63, 3.8) is 0 Å². The highest BCUT2D eigenvalue weighted by molar-refractivity contribution is 7.90. The third-order valence-electron chi connectivity index (χ3n) is 5.29. The molecule has 3 aromatic rings. The van der Waals surface area contributed by atoms with Crippen molar-refractivity contribution in [2.24, 2.45) is 11.7 Å². The Morgan fingerprint density at radius 3 is 2.55 bits per heavy atom. The maximum Gasteiger partial charge on any atom is 0.271 e. The number of hydrogen-bond acceptors (Lipinski definition) is 6. The van der Waals surface area contributed by atoms with Crippen molar-refractivity contribution in [2.45, 2.75) is 30.7 Å². The first kappa shape index (κ1) is 19.3. The smallest absolute Gasteiger partial charge is 0.271 e. The molecule has 1 aromatic heterocycles. The van der Waals surface area contributed by atoms with E-state index in [1.54, 1.807) is 30.3 Å². The van der Waals surface area contributed by atoms with Gasteiger partial charge in [0.2, 0.25) is 0 Å². The lowest BCUT2D eigenvalue weighted by Crippen LogP contribution is -2.23. The van der Waals surface area contributed by atoms with Gasteiger partial charge in [0.1, 0.15) is 0 Å². The molecule has 150 valence electrons. The van der Waals surface area contributed by atoms with Crippen molar-refractivity contribution < 1.29 is 13.2 Å². The first-order valence-electron chi connectivity index (χ1n) is 9.42. The zero-order valence-electron chi connectivity index (χ0n) is 16.2. The van der Waals surface area contributed by atoms with E-state index in [1.807, 2.05) is 12.1 Å². The third-order valence-corrected chi connectivity index (χ3v) is 6.45. The van der Waals surface area contributed by atoms with Gasteiger partial charge in [0.25, 0.3) is 5.91 Å². The summed E-state index contributed by atoms with van der Waals surface area (Å²) in [5.41, 5.74) is 8.06. The van der Waals surface area contributed by atoms with Gasteiger partial charge in [-0.25, -0.2) is 8.42 Å². The van der Waals surface area contributed by atoms with Gasteiger partial charge in [-0.3, -0.25) is 4.79 Å². The fraction of sp³-hybridized carbons (Fsp3) is 0.286. The van der Waals surface area contributed by atoms with E-state index < -0.39 is 15.7 Å². The molecule has 1 aliphatic rings. The van der Waals surface area contributed by atoms with Crippen LogP contribution in [0.25, 0.3) is 22.0 Å². The summed E-state index contributed by atoms with van der Waals surface area (Å²) in [6, 6.07) is 12.5. The maximum atomic E-state index is 12.2. The summed E-state index contributed by atoms with van der Waals surface area (Å²) < 4.78 is 24.3. The number of benzene rings is 2. The van der Waals surface area contributed by atoms with E-state index in [1.165, 1.54) is 6.26 Å². The summed E-state index contributed by atoms with van der Waals surface area (Å²) in [5.74, 6) is -0.0729. The van der Waals surface area contributed by atoms with Gasteiger partial charge in [0, 0.05) is 23.2 Å². The number of hydrogen-bond donors (Lipinski definition) is 2. The number of anilines is 1. The highest BCUT2D eigenvalue weighted by atomic mass is 32.2. The number of nitrogens with zero attached hydrogens (tertiary/aromatic N) is 2. The Labute approximate surface area is 169 Å². The molecule has 0 saturated heterocycles. The molecule has 8 heteroatoms. The van der Waals surface area contributed by atoms with Crippen molar-refractivity contribution in [1.29, 1.82) is 0 Å². The number of nitrogens with one attached hydrogen (secondary N) is 1. The Kier molecular flexibility index (Phi) is 4.74. The molecule has 1 atom stereocenters. The molecule has 0 bridgehead atoms. The van der Waals surface area contributed by atoms with Crippen LogP contribution >= 0.6 is 0 Å². The van der Waals surface area contributed by atoms with Gasteiger partial charge in [-0.15, -0.1) is 10.2 Å². The first-order chi connectivity index (χ1) is 13.8. The summed E-state index contributed by atoms with van der Waals surface area (Å²) in [4.78, 5) is 12.1. The van der Waals surface area contributed by atoms with E-state index >= 15 is 0 Å². The molecule has 29 heavy (non-hydrogen) atoms. The maximum absolute atomic E-state index is 12.2. The Morgan fingerprint density at radius 1 is 1.17 bits per heavy atom. The van der Waals surface area contributed by atoms with Crippen LogP contribution in [0.1, 0.15) is 30.3 Å². The summed E-state index contributed by atoms with van der Waals surface area (Å²) >= 11 is 0. The molecular weight excluding hydrogens is 388 g/mol. The van der Waals surface area contributed by atoms with Crippen molar-refractivity contribution in [1.82, 2.24) is 10.2 Å². The van der Waals surface area contributed by atoms with Crippen LogP contribution < -0.4 is 11.1 Å². The fourth-order valence-electron chi connectivity index (χ4n) is 3.56. The predicted molar refractivity (Wildman–Crippen MR) is 112 cm³/mol. The first-order valence-corrected chi connectivity index (χ1v) is 11.3. The number of fused-ring (bicyclic) bond motifs is 1. The highest BCUT2D eigenvalue weighted by Gasteiger charge is 2.29. The lowest BCUT2D eigenvalue weighted by atomic mass is 10.0. The number of carbonyl (C=O) groups is 1. The number of sulfone groups is 1. The van der Waals surface area contributed by atoms with E-state index in [0.717, 1.165) is 18.2 Å². The molecule has 0 spiro atoms. The Hall–Kier alpha value is -3.00. The van der Waals surface area contributed by atoms with Crippen LogP contribution in [0, 0.1) is 5.92 Å². The van der Waals surface area contributed by atoms with E-state index in [2.05, 4.69) is 22.4 Å². The van der Waals surface area contributed by atoms with Gasteiger partial charge < -0.3 is 11.1 Å². The normalized spacial score (nSPS) is 15.2. The third kappa shape index (κ3) is 3.80. The Balaban J connectivity index is 1.86. The minimum Gasteiger partial charge on any atom is -0.380 e. The van der Waals surface area contributed by atoms with Crippen molar-refractivity contribution in [3.8, 4) is 11.1 Å². The summed E-state index contributed by atoms with van der Waals surface area (Å²) in [7, 11) is -3.39. The second-order valence-electron chi connectivity index (χ2n) is 7.56. The number of rotatable bonds is 6. The van der Waals surface area contributed by atoms with Gasteiger partial charge in [0.15, 0.2) is 15.5 Å². The Morgan fingerprint density at radius 2 is 1.90 bits per heavy atom. The molecule has 4 rings (SSSR count). The molecule has 1 fully saturated rings. The lowest BCUT2D eigenvalue weighted by Gasteiger charge is -2.18. The number of nitrogens with two attached hydrogens (primary N) is 1. The number of primary amides is 1. The second-order valence-corrected chi connectivity index (χ2v) is 9.54. The van der Waals surface area contributed by atoms with E-state index in [9.17, 15) is 13.2 Å². The quantitative estimate of drug-likeness (QED) is 0.645. The average molecular weight is 410 g/mol. The lowest BCUT2D eigenvalue weighted by molar-refractivity contribution is 0.0995. The molecule has 3 N–H and O–H groups in total. The number of amides is 1. The largest absolute Gasteiger partial charge is 0.380 e. The minimum absolute atomic E-state index is 0.106. The van der Waals surface area contributed by atoms with Gasteiger partial charge in [0.05, 0.1) is 16.1 Å². The van der Waals surface area contributed by atoms with Crippen molar-refractivity contribution in [3.05, 3.63) is 48.2 Å². The standard InChI is InChI=1S/C21H22N4O3S/c1-12(13-7-8-13)23-19-16-10-9-14(11-17(16)24-25-20(19)21(22)26)15-5-3-4-6-18(15)29(2,27)28/h3-6,9-13H,7-8H2,1-2H3,(H2,22,26)(H,23,24)/t12-/m1/s1. The summed E-state index contributed by atoms with van der Waals surface area (Å²) in [6.07, 6.45) is 3.50. The molecule has 1 heterocycles. The number of aromatic nitrogens is 2.